The minimum atomic E-state index is -0.282. The number of benzene rings is 1. The topological polar surface area (TPSA) is 29.1 Å². The maximum Gasteiger partial charge on any atom is 0.224 e. The minimum absolute atomic E-state index is 0.0302. The van der Waals surface area contributed by atoms with Gasteiger partial charge in [0.15, 0.2) is 0 Å². The number of rotatable bonds is 4. The summed E-state index contributed by atoms with van der Waals surface area (Å²) in [6.45, 7) is 0.647. The van der Waals surface area contributed by atoms with Gasteiger partial charge in [0.05, 0.1) is 6.42 Å². The van der Waals surface area contributed by atoms with Gasteiger partial charge in [0.25, 0.3) is 0 Å². The molecule has 2 atom stereocenters. The third-order valence-corrected chi connectivity index (χ3v) is 3.98. The molecule has 1 fully saturated rings. The third kappa shape index (κ3) is 3.70. The number of alkyl halides is 1. The van der Waals surface area contributed by atoms with Crippen molar-refractivity contribution in [2.24, 2.45) is 5.92 Å². The lowest BCUT2D eigenvalue weighted by molar-refractivity contribution is -0.120. The van der Waals surface area contributed by atoms with Crippen LogP contribution in [0.15, 0.2) is 24.3 Å². The fourth-order valence-electron chi connectivity index (χ4n) is 2.32. The highest BCUT2D eigenvalue weighted by atomic mass is 35.5. The number of carbonyl (C=O) groups excluding carboxylic acids is 1. The van der Waals surface area contributed by atoms with Gasteiger partial charge in [0.1, 0.15) is 5.82 Å². The molecule has 2 rings (SSSR count). The van der Waals surface area contributed by atoms with Crippen LogP contribution in [0, 0.1) is 11.7 Å². The van der Waals surface area contributed by atoms with Gasteiger partial charge in [0.2, 0.25) is 5.91 Å². The Bertz CT molecular complexity index is 407. The molecule has 4 heteroatoms. The molecular weight excluding hydrogens is 253 g/mol. The summed E-state index contributed by atoms with van der Waals surface area (Å²) in [5, 5.41) is 3.09. The smallest absolute Gasteiger partial charge is 0.224 e. The van der Waals surface area contributed by atoms with Crippen molar-refractivity contribution in [1.82, 2.24) is 5.32 Å². The summed E-state index contributed by atoms with van der Waals surface area (Å²) in [7, 11) is 0. The van der Waals surface area contributed by atoms with Crippen molar-refractivity contribution in [2.75, 3.05) is 6.54 Å². The van der Waals surface area contributed by atoms with Gasteiger partial charge in [-0.25, -0.2) is 4.39 Å². The van der Waals surface area contributed by atoms with Crippen molar-refractivity contribution < 1.29 is 9.18 Å². The van der Waals surface area contributed by atoms with Crippen LogP contribution in [0.1, 0.15) is 24.8 Å². The van der Waals surface area contributed by atoms with Crippen molar-refractivity contribution in [2.45, 2.75) is 31.1 Å². The Labute approximate surface area is 112 Å². The molecule has 0 aliphatic heterocycles. The molecule has 0 aromatic heterocycles. The van der Waals surface area contributed by atoms with Crippen LogP contribution in [0.2, 0.25) is 0 Å². The van der Waals surface area contributed by atoms with Crippen molar-refractivity contribution in [1.29, 1.82) is 0 Å². The summed E-state index contributed by atoms with van der Waals surface area (Å²) in [5.41, 5.74) is 0.822. The normalized spacial score (nSPS) is 23.0. The molecule has 1 aromatic carbocycles. The van der Waals surface area contributed by atoms with Crippen molar-refractivity contribution in [3.8, 4) is 0 Å². The number of amides is 1. The SMILES string of the molecule is O=C(Cc1ccc(F)cc1)NCC1CCCC1Cl. The number of hydrogen-bond donors (Lipinski definition) is 1. The van der Waals surface area contributed by atoms with Crippen molar-refractivity contribution >= 4 is 17.5 Å². The quantitative estimate of drug-likeness (QED) is 0.837. The van der Waals surface area contributed by atoms with Crippen LogP contribution in [0.3, 0.4) is 0 Å². The molecule has 1 aromatic rings. The molecule has 0 bridgehead atoms. The molecular formula is C14H17ClFNO. The fraction of sp³-hybridized carbons (Fsp3) is 0.500. The average Bonchev–Trinajstić information content (AvgIpc) is 2.75. The third-order valence-electron chi connectivity index (χ3n) is 3.41. The van der Waals surface area contributed by atoms with Gasteiger partial charge < -0.3 is 5.32 Å². The van der Waals surface area contributed by atoms with Gasteiger partial charge in [-0.15, -0.1) is 11.6 Å². The Morgan fingerprint density at radius 3 is 2.67 bits per heavy atom. The number of hydrogen-bond acceptors (Lipinski definition) is 1. The predicted octanol–water partition coefficient (Wildman–Crippen LogP) is 2.89. The van der Waals surface area contributed by atoms with Gasteiger partial charge in [-0.1, -0.05) is 18.6 Å². The minimum Gasteiger partial charge on any atom is -0.355 e. The van der Waals surface area contributed by atoms with E-state index in [-0.39, 0.29) is 17.1 Å². The Morgan fingerprint density at radius 1 is 1.33 bits per heavy atom. The first-order valence-electron chi connectivity index (χ1n) is 6.30. The average molecular weight is 270 g/mol. The van der Waals surface area contributed by atoms with Crippen LogP contribution in [0.25, 0.3) is 0 Å². The zero-order valence-electron chi connectivity index (χ0n) is 10.2. The number of carbonyl (C=O) groups is 1. The van der Waals surface area contributed by atoms with Crippen LogP contribution in [-0.4, -0.2) is 17.8 Å². The Balaban J connectivity index is 1.76. The lowest BCUT2D eigenvalue weighted by atomic mass is 10.1. The first kappa shape index (κ1) is 13.3. The maximum absolute atomic E-state index is 12.7. The fourth-order valence-corrected chi connectivity index (χ4v) is 2.69. The Hall–Kier alpha value is -1.09. The zero-order valence-corrected chi connectivity index (χ0v) is 10.9. The van der Waals surface area contributed by atoms with Crippen molar-refractivity contribution in [3.63, 3.8) is 0 Å². The second-order valence-corrected chi connectivity index (χ2v) is 5.37. The highest BCUT2D eigenvalue weighted by Crippen LogP contribution is 2.29. The van der Waals surface area contributed by atoms with Gasteiger partial charge in [-0.05, 0) is 36.5 Å². The predicted molar refractivity (Wildman–Crippen MR) is 70.1 cm³/mol. The highest BCUT2D eigenvalue weighted by molar-refractivity contribution is 6.20. The molecule has 2 unspecified atom stereocenters. The second-order valence-electron chi connectivity index (χ2n) is 4.81. The summed E-state index contributed by atoms with van der Waals surface area (Å²) >= 11 is 6.15. The molecule has 0 saturated heterocycles. The van der Waals surface area contributed by atoms with Crippen molar-refractivity contribution in [3.05, 3.63) is 35.6 Å². The van der Waals surface area contributed by atoms with E-state index in [0.717, 1.165) is 24.8 Å². The summed E-state index contributed by atoms with van der Waals surface area (Å²) in [6.07, 6.45) is 3.57. The molecule has 1 aliphatic carbocycles. The standard InChI is InChI=1S/C14H17ClFNO/c15-13-3-1-2-11(13)9-17-14(18)8-10-4-6-12(16)7-5-10/h4-7,11,13H,1-3,8-9H2,(H,17,18). The zero-order chi connectivity index (χ0) is 13.0. The van der Waals surface area contributed by atoms with E-state index in [4.69, 9.17) is 11.6 Å². The Kier molecular flexibility index (Phi) is 4.59. The van der Waals surface area contributed by atoms with Crippen LogP contribution in [0.5, 0.6) is 0 Å². The summed E-state index contributed by atoms with van der Waals surface area (Å²) in [4.78, 5) is 11.7. The highest BCUT2D eigenvalue weighted by Gasteiger charge is 2.25. The molecule has 1 saturated carbocycles. The van der Waals surface area contributed by atoms with E-state index >= 15 is 0 Å². The molecule has 1 aliphatic rings. The summed E-state index contributed by atoms with van der Waals surface area (Å²) in [5.74, 6) is 0.0799. The van der Waals surface area contributed by atoms with Crippen LogP contribution in [0.4, 0.5) is 4.39 Å². The molecule has 18 heavy (non-hydrogen) atoms. The van der Waals surface area contributed by atoms with Gasteiger partial charge in [0, 0.05) is 11.9 Å². The van der Waals surface area contributed by atoms with Crippen LogP contribution >= 0.6 is 11.6 Å². The van der Waals surface area contributed by atoms with E-state index in [0.29, 0.717) is 18.9 Å². The molecule has 1 amide bonds. The van der Waals surface area contributed by atoms with Gasteiger partial charge >= 0.3 is 0 Å². The summed E-state index contributed by atoms with van der Waals surface area (Å²) in [6, 6.07) is 6.01. The molecule has 0 radical (unpaired) electrons. The van der Waals surface area contributed by atoms with E-state index in [2.05, 4.69) is 5.32 Å². The number of halogens is 2. The molecule has 0 spiro atoms. The lowest BCUT2D eigenvalue weighted by Gasteiger charge is -2.14. The van der Waals surface area contributed by atoms with E-state index in [9.17, 15) is 9.18 Å². The van der Waals surface area contributed by atoms with E-state index in [1.165, 1.54) is 12.1 Å². The van der Waals surface area contributed by atoms with Gasteiger partial charge in [-0.3, -0.25) is 4.79 Å². The van der Waals surface area contributed by atoms with Crippen LogP contribution in [-0.2, 0) is 11.2 Å². The monoisotopic (exact) mass is 269 g/mol. The molecule has 0 heterocycles. The van der Waals surface area contributed by atoms with Crippen LogP contribution < -0.4 is 5.32 Å². The summed E-state index contributed by atoms with van der Waals surface area (Å²) < 4.78 is 12.7. The van der Waals surface area contributed by atoms with E-state index in [1.807, 2.05) is 0 Å². The number of nitrogens with one attached hydrogen (secondary N) is 1. The van der Waals surface area contributed by atoms with Gasteiger partial charge in [-0.2, -0.15) is 0 Å². The Morgan fingerprint density at radius 2 is 2.06 bits per heavy atom. The molecule has 2 nitrogen and oxygen atoms in total. The maximum atomic E-state index is 12.7. The van der Waals surface area contributed by atoms with E-state index in [1.54, 1.807) is 12.1 Å². The first-order valence-corrected chi connectivity index (χ1v) is 6.74. The first-order chi connectivity index (χ1) is 8.65. The second kappa shape index (κ2) is 6.19. The molecule has 1 N–H and O–H groups in total. The van der Waals surface area contributed by atoms with E-state index < -0.39 is 0 Å². The largest absolute Gasteiger partial charge is 0.355 e. The molecule has 98 valence electrons. The lowest BCUT2D eigenvalue weighted by Crippen LogP contribution is -2.32.